The number of thiazole rings is 1. The van der Waals surface area contributed by atoms with E-state index in [0.29, 0.717) is 5.13 Å². The minimum Gasteiger partial charge on any atom is -0.506 e. The molecule has 0 radical (unpaired) electrons. The minimum absolute atomic E-state index is 0.0124. The predicted octanol–water partition coefficient (Wildman–Crippen LogP) is 3.39. The molecule has 0 amide bonds. The summed E-state index contributed by atoms with van der Waals surface area (Å²) in [6.45, 7) is 0. The number of fused-ring (bicyclic) bond motifs is 1. The van der Waals surface area contributed by atoms with Gasteiger partial charge in [0, 0.05) is 0 Å². The molecule has 3 N–H and O–H groups in total. The molecule has 0 unspecified atom stereocenters. The van der Waals surface area contributed by atoms with Gasteiger partial charge >= 0.3 is 0 Å². The van der Waals surface area contributed by atoms with Crippen LogP contribution >= 0.6 is 11.3 Å². The third-order valence-corrected chi connectivity index (χ3v) is 4.76. The molecule has 0 aliphatic rings. The van der Waals surface area contributed by atoms with Gasteiger partial charge in [0.05, 0.1) is 20.8 Å². The molecule has 2 aromatic carbocycles. The number of hydrogen-bond acceptors (Lipinski definition) is 8. The number of hydrazone groups is 1. The number of phenolic OH excluding ortho intramolecular Hbond substituents is 1. The highest BCUT2D eigenvalue weighted by atomic mass is 32.2. The van der Waals surface area contributed by atoms with Crippen molar-refractivity contribution in [3.8, 4) is 5.75 Å². The van der Waals surface area contributed by atoms with Gasteiger partial charge in [0.1, 0.15) is 5.75 Å². The second-order valence-electron chi connectivity index (χ2n) is 4.69. The van der Waals surface area contributed by atoms with E-state index in [-0.39, 0.29) is 16.3 Å². The second-order valence-corrected chi connectivity index (χ2v) is 7.12. The largest absolute Gasteiger partial charge is 0.506 e. The van der Waals surface area contributed by atoms with Crippen LogP contribution in [0.25, 0.3) is 10.2 Å². The monoisotopic (exact) mass is 377 g/mol. The highest BCUT2D eigenvalue weighted by Gasteiger charge is 2.12. The van der Waals surface area contributed by atoms with E-state index in [9.17, 15) is 13.5 Å². The first-order valence-corrected chi connectivity index (χ1v) is 9.03. The minimum atomic E-state index is -4.38. The Kier molecular flexibility index (Phi) is 4.70. The van der Waals surface area contributed by atoms with Crippen LogP contribution < -0.4 is 5.43 Å². The molecule has 0 spiro atoms. The number of phenols is 1. The summed E-state index contributed by atoms with van der Waals surface area (Å²) < 4.78 is 32.1. The zero-order chi connectivity index (χ0) is 17.9. The molecular weight excluding hydrogens is 366 g/mol. The van der Waals surface area contributed by atoms with Gasteiger partial charge < -0.3 is 5.11 Å². The number of azo groups is 1. The van der Waals surface area contributed by atoms with Crippen molar-refractivity contribution in [3.05, 3.63) is 42.5 Å². The smallest absolute Gasteiger partial charge is 0.294 e. The summed E-state index contributed by atoms with van der Waals surface area (Å²) in [4.78, 5) is 3.89. The Bertz CT molecular complexity index is 1040. The normalized spacial score (nSPS) is 12.4. The molecule has 0 aliphatic carbocycles. The van der Waals surface area contributed by atoms with Gasteiger partial charge in [0.15, 0.2) is 6.34 Å². The quantitative estimate of drug-likeness (QED) is 0.156. The molecule has 0 aliphatic heterocycles. The standard InChI is InChI=1S/C14H11N5O4S2/c20-12-6-5-9(25(21,22)23)7-11(12)18-15-8-16-19-14-17-10-3-1-2-4-13(10)24-14/h1-8,18,20H,(H,21,22,23)/b15-8+,19-16?. The number of nitrogens with one attached hydrogen (secondary N) is 1. The predicted molar refractivity (Wildman–Crippen MR) is 94.2 cm³/mol. The number of para-hydroxylation sites is 1. The highest BCUT2D eigenvalue weighted by molar-refractivity contribution is 7.85. The lowest BCUT2D eigenvalue weighted by Gasteiger charge is -2.04. The van der Waals surface area contributed by atoms with Crippen LogP contribution in [0.4, 0.5) is 10.8 Å². The number of rotatable bonds is 5. The summed E-state index contributed by atoms with van der Waals surface area (Å²) in [5.41, 5.74) is 3.22. The molecule has 0 saturated carbocycles. The number of nitrogens with zero attached hydrogens (tertiary/aromatic N) is 4. The van der Waals surface area contributed by atoms with Crippen molar-refractivity contribution in [2.75, 3.05) is 5.43 Å². The number of aromatic nitrogens is 1. The Morgan fingerprint density at radius 1 is 1.20 bits per heavy atom. The number of aromatic hydroxyl groups is 1. The van der Waals surface area contributed by atoms with Crippen LogP contribution in [0.2, 0.25) is 0 Å². The third kappa shape index (κ3) is 4.15. The Morgan fingerprint density at radius 3 is 2.76 bits per heavy atom. The molecule has 25 heavy (non-hydrogen) atoms. The first kappa shape index (κ1) is 17.0. The molecule has 128 valence electrons. The lowest BCUT2D eigenvalue weighted by molar-refractivity contribution is 0.474. The molecule has 3 aromatic rings. The average molecular weight is 377 g/mol. The second kappa shape index (κ2) is 6.93. The van der Waals surface area contributed by atoms with Crippen LogP contribution in [0.15, 0.2) is 62.7 Å². The maximum atomic E-state index is 11.1. The fraction of sp³-hybridized carbons (Fsp3) is 0. The molecule has 0 saturated heterocycles. The Balaban J connectivity index is 1.69. The van der Waals surface area contributed by atoms with E-state index in [1.54, 1.807) is 0 Å². The van der Waals surface area contributed by atoms with E-state index in [0.717, 1.165) is 34.8 Å². The van der Waals surface area contributed by atoms with Gasteiger partial charge in [-0.15, -0.1) is 10.2 Å². The van der Waals surface area contributed by atoms with Gasteiger partial charge in [-0.1, -0.05) is 23.5 Å². The molecule has 11 heteroatoms. The first-order valence-electron chi connectivity index (χ1n) is 6.78. The van der Waals surface area contributed by atoms with Crippen molar-refractivity contribution >= 4 is 48.8 Å². The van der Waals surface area contributed by atoms with Gasteiger partial charge in [0.25, 0.3) is 10.1 Å². The maximum absolute atomic E-state index is 11.1. The molecule has 1 heterocycles. The summed E-state index contributed by atoms with van der Waals surface area (Å²) in [5.74, 6) is -0.243. The molecule has 0 fully saturated rings. The SMILES string of the molecule is O=S(=O)(O)c1ccc(O)c(N/N=C/N=Nc2nc3ccccc3s2)c1. The molecule has 1 aromatic heterocycles. The Hall–Kier alpha value is -2.89. The summed E-state index contributed by atoms with van der Waals surface area (Å²) in [5, 5.41) is 21.4. The van der Waals surface area contributed by atoms with Crippen molar-refractivity contribution in [3.63, 3.8) is 0 Å². The van der Waals surface area contributed by atoms with Crippen LogP contribution in [0.1, 0.15) is 0 Å². The topological polar surface area (TPSA) is 137 Å². The Labute approximate surface area is 146 Å². The number of hydrogen-bond donors (Lipinski definition) is 3. The van der Waals surface area contributed by atoms with E-state index in [2.05, 4.69) is 25.7 Å². The molecule has 0 bridgehead atoms. The van der Waals surface area contributed by atoms with Crippen molar-refractivity contribution in [1.82, 2.24) is 4.98 Å². The van der Waals surface area contributed by atoms with E-state index < -0.39 is 10.1 Å². The number of benzene rings is 2. The van der Waals surface area contributed by atoms with Gasteiger partial charge in [0.2, 0.25) is 5.13 Å². The van der Waals surface area contributed by atoms with Crippen LogP contribution in [0, 0.1) is 0 Å². The summed E-state index contributed by atoms with van der Waals surface area (Å²) in [7, 11) is -4.38. The molecule has 0 atom stereocenters. The van der Waals surface area contributed by atoms with Crippen molar-refractivity contribution in [2.45, 2.75) is 4.90 Å². The van der Waals surface area contributed by atoms with Crippen molar-refractivity contribution in [1.29, 1.82) is 0 Å². The van der Waals surface area contributed by atoms with Crippen LogP contribution in [0.3, 0.4) is 0 Å². The average Bonchev–Trinajstić information content (AvgIpc) is 2.97. The van der Waals surface area contributed by atoms with Crippen molar-refractivity contribution < 1.29 is 18.1 Å². The zero-order valence-corrected chi connectivity index (χ0v) is 14.1. The zero-order valence-electron chi connectivity index (χ0n) is 12.4. The summed E-state index contributed by atoms with van der Waals surface area (Å²) in [6, 6.07) is 10.8. The van der Waals surface area contributed by atoms with Gasteiger partial charge in [-0.2, -0.15) is 13.5 Å². The number of anilines is 1. The first-order chi connectivity index (χ1) is 11.9. The lowest BCUT2D eigenvalue weighted by atomic mass is 10.3. The molecular formula is C14H11N5O4S2. The maximum Gasteiger partial charge on any atom is 0.294 e. The fourth-order valence-corrected chi connectivity index (χ4v) is 3.17. The summed E-state index contributed by atoms with van der Waals surface area (Å²) >= 11 is 1.37. The van der Waals surface area contributed by atoms with E-state index in [4.69, 9.17) is 4.55 Å². The molecule has 3 rings (SSSR count). The lowest BCUT2D eigenvalue weighted by Crippen LogP contribution is -1.99. The fourth-order valence-electron chi connectivity index (χ4n) is 1.87. The highest BCUT2D eigenvalue weighted by Crippen LogP contribution is 2.28. The van der Waals surface area contributed by atoms with Crippen LogP contribution in [-0.2, 0) is 10.1 Å². The summed E-state index contributed by atoms with van der Waals surface area (Å²) in [6.07, 6.45) is 1.08. The van der Waals surface area contributed by atoms with Gasteiger partial charge in [-0.3, -0.25) is 9.98 Å². The molecule has 9 nitrogen and oxygen atoms in total. The van der Waals surface area contributed by atoms with E-state index >= 15 is 0 Å². The van der Waals surface area contributed by atoms with Crippen LogP contribution in [0.5, 0.6) is 5.75 Å². The van der Waals surface area contributed by atoms with Crippen molar-refractivity contribution in [2.24, 2.45) is 15.3 Å². The Morgan fingerprint density at radius 2 is 2.00 bits per heavy atom. The van der Waals surface area contributed by atoms with Gasteiger partial charge in [-0.25, -0.2) is 4.98 Å². The third-order valence-electron chi connectivity index (χ3n) is 2.99. The van der Waals surface area contributed by atoms with Crippen LogP contribution in [-0.4, -0.2) is 29.4 Å². The van der Waals surface area contributed by atoms with E-state index in [1.807, 2.05) is 24.3 Å². The van der Waals surface area contributed by atoms with Gasteiger partial charge in [-0.05, 0) is 30.3 Å². The van der Waals surface area contributed by atoms with E-state index in [1.165, 1.54) is 11.3 Å².